The first-order valence-electron chi connectivity index (χ1n) is 6.97. The predicted octanol–water partition coefficient (Wildman–Crippen LogP) is 2.87. The monoisotopic (exact) mass is 318 g/mol. The average Bonchev–Trinajstić information content (AvgIpc) is 3.18. The van der Waals surface area contributed by atoms with Crippen LogP contribution in [0.1, 0.15) is 12.8 Å². The van der Waals surface area contributed by atoms with Gasteiger partial charge in [0.15, 0.2) is 0 Å². The number of unbranched alkanes of at least 4 members (excludes halogenated alkanes) is 1. The van der Waals surface area contributed by atoms with Crippen LogP contribution in [0.2, 0.25) is 5.02 Å². The van der Waals surface area contributed by atoms with Crippen molar-refractivity contribution in [1.82, 2.24) is 24.9 Å². The van der Waals surface area contributed by atoms with Gasteiger partial charge in [-0.05, 0) is 25.0 Å². The molecule has 1 N–H and O–H groups in total. The lowest BCUT2D eigenvalue weighted by Gasteiger charge is -2.01. The molecule has 0 aliphatic rings. The first kappa shape index (κ1) is 14.5. The van der Waals surface area contributed by atoms with Gasteiger partial charge < -0.3 is 14.4 Å². The Labute approximate surface area is 132 Å². The van der Waals surface area contributed by atoms with Gasteiger partial charge in [-0.3, -0.25) is 0 Å². The van der Waals surface area contributed by atoms with Crippen LogP contribution in [0.3, 0.4) is 0 Å². The smallest absolute Gasteiger partial charge is 0.321 e. The van der Waals surface area contributed by atoms with Gasteiger partial charge in [0.2, 0.25) is 5.82 Å². The number of nitrogens with zero attached hydrogens (tertiary/aromatic N) is 5. The van der Waals surface area contributed by atoms with E-state index in [0.29, 0.717) is 16.9 Å². The summed E-state index contributed by atoms with van der Waals surface area (Å²) in [6.45, 7) is 1.66. The molecule has 8 heteroatoms. The number of halogens is 1. The zero-order valence-electron chi connectivity index (χ0n) is 11.8. The highest BCUT2D eigenvalue weighted by molar-refractivity contribution is 6.30. The summed E-state index contributed by atoms with van der Waals surface area (Å²) >= 11 is 5.95. The van der Waals surface area contributed by atoms with Crippen LogP contribution in [0.25, 0.3) is 11.4 Å². The molecule has 0 amide bonds. The number of hydrogen-bond acceptors (Lipinski definition) is 6. The molecule has 2 heterocycles. The summed E-state index contributed by atoms with van der Waals surface area (Å²) in [4.78, 5) is 4.30. The third kappa shape index (κ3) is 3.82. The zero-order chi connectivity index (χ0) is 15.2. The highest BCUT2D eigenvalue weighted by Gasteiger charge is 2.08. The molecule has 0 fully saturated rings. The molecule has 0 aliphatic heterocycles. The van der Waals surface area contributed by atoms with Gasteiger partial charge in [0, 0.05) is 23.7 Å². The van der Waals surface area contributed by atoms with Gasteiger partial charge in [0.1, 0.15) is 12.7 Å². The second-order valence-electron chi connectivity index (χ2n) is 4.77. The van der Waals surface area contributed by atoms with Gasteiger partial charge in [-0.25, -0.2) is 0 Å². The van der Waals surface area contributed by atoms with E-state index < -0.39 is 0 Å². The fourth-order valence-corrected chi connectivity index (χ4v) is 2.18. The van der Waals surface area contributed by atoms with Crippen LogP contribution in [0.4, 0.5) is 6.01 Å². The van der Waals surface area contributed by atoms with Gasteiger partial charge in [0.05, 0.1) is 0 Å². The molecule has 0 saturated carbocycles. The number of benzene rings is 1. The van der Waals surface area contributed by atoms with Gasteiger partial charge in [-0.1, -0.05) is 28.9 Å². The maximum absolute atomic E-state index is 5.95. The normalized spacial score (nSPS) is 10.8. The number of anilines is 1. The Balaban J connectivity index is 1.46. The first-order chi connectivity index (χ1) is 10.8. The van der Waals surface area contributed by atoms with Gasteiger partial charge in [0.25, 0.3) is 0 Å². The zero-order valence-corrected chi connectivity index (χ0v) is 12.6. The topological polar surface area (TPSA) is 81.7 Å². The van der Waals surface area contributed by atoms with Crippen molar-refractivity contribution < 1.29 is 4.52 Å². The molecule has 22 heavy (non-hydrogen) atoms. The molecule has 7 nitrogen and oxygen atoms in total. The number of nitrogens with one attached hydrogen (secondary N) is 1. The van der Waals surface area contributed by atoms with Gasteiger partial charge >= 0.3 is 6.01 Å². The lowest BCUT2D eigenvalue weighted by atomic mass is 10.2. The van der Waals surface area contributed by atoms with Crippen molar-refractivity contribution in [3.63, 3.8) is 0 Å². The second kappa shape index (κ2) is 7.04. The van der Waals surface area contributed by atoms with Crippen LogP contribution in [0.15, 0.2) is 41.4 Å². The fourth-order valence-electron chi connectivity index (χ4n) is 1.99. The van der Waals surface area contributed by atoms with E-state index >= 15 is 0 Å². The van der Waals surface area contributed by atoms with Crippen LogP contribution in [0.5, 0.6) is 0 Å². The molecule has 0 atom stereocenters. The summed E-state index contributed by atoms with van der Waals surface area (Å²) in [5, 5.41) is 15.2. The minimum absolute atomic E-state index is 0.416. The van der Waals surface area contributed by atoms with Crippen molar-refractivity contribution >= 4 is 17.6 Å². The van der Waals surface area contributed by atoms with E-state index in [-0.39, 0.29) is 0 Å². The van der Waals surface area contributed by atoms with E-state index in [0.717, 1.165) is 31.5 Å². The maximum atomic E-state index is 5.95. The summed E-state index contributed by atoms with van der Waals surface area (Å²) in [7, 11) is 0. The number of hydrogen-bond donors (Lipinski definition) is 1. The molecular weight excluding hydrogens is 304 g/mol. The maximum Gasteiger partial charge on any atom is 0.321 e. The molecule has 3 aromatic rings. The Bertz CT molecular complexity index is 712. The molecule has 0 aliphatic carbocycles. The van der Waals surface area contributed by atoms with E-state index in [1.807, 2.05) is 16.7 Å². The van der Waals surface area contributed by atoms with E-state index in [9.17, 15) is 0 Å². The van der Waals surface area contributed by atoms with E-state index in [2.05, 4.69) is 25.7 Å². The minimum atomic E-state index is 0.416. The Hall–Kier alpha value is -2.41. The van der Waals surface area contributed by atoms with Crippen LogP contribution in [-0.2, 0) is 6.54 Å². The molecule has 0 spiro atoms. The number of rotatable bonds is 7. The molecule has 2 aromatic heterocycles. The van der Waals surface area contributed by atoms with Gasteiger partial charge in [-0.2, -0.15) is 4.98 Å². The summed E-state index contributed by atoms with van der Waals surface area (Å²) in [5.74, 6) is 0.523. The number of aromatic nitrogens is 5. The average molecular weight is 319 g/mol. The van der Waals surface area contributed by atoms with Crippen molar-refractivity contribution in [3.05, 3.63) is 41.9 Å². The van der Waals surface area contributed by atoms with E-state index in [1.165, 1.54) is 0 Å². The molecule has 3 rings (SSSR count). The largest absolute Gasteiger partial charge is 0.338 e. The molecule has 0 saturated heterocycles. The van der Waals surface area contributed by atoms with Crippen LogP contribution >= 0.6 is 11.6 Å². The Kier molecular flexibility index (Phi) is 4.65. The van der Waals surface area contributed by atoms with E-state index in [1.54, 1.807) is 24.8 Å². The molecule has 114 valence electrons. The summed E-state index contributed by atoms with van der Waals surface area (Å²) in [6, 6.07) is 7.76. The van der Waals surface area contributed by atoms with Gasteiger partial charge in [-0.15, -0.1) is 10.2 Å². The van der Waals surface area contributed by atoms with Crippen LogP contribution < -0.4 is 5.32 Å². The molecule has 0 unspecified atom stereocenters. The van der Waals surface area contributed by atoms with E-state index in [4.69, 9.17) is 16.1 Å². The fraction of sp³-hybridized carbons (Fsp3) is 0.286. The molecule has 1 aromatic carbocycles. The summed E-state index contributed by atoms with van der Waals surface area (Å²) in [5.41, 5.74) is 0.830. The molecule has 0 radical (unpaired) electrons. The highest BCUT2D eigenvalue weighted by Crippen LogP contribution is 2.21. The minimum Gasteiger partial charge on any atom is -0.338 e. The van der Waals surface area contributed by atoms with Crippen LogP contribution in [0, 0.1) is 0 Å². The van der Waals surface area contributed by atoms with Crippen molar-refractivity contribution in [1.29, 1.82) is 0 Å². The Morgan fingerprint density at radius 3 is 2.86 bits per heavy atom. The van der Waals surface area contributed by atoms with Crippen molar-refractivity contribution in [2.75, 3.05) is 11.9 Å². The first-order valence-corrected chi connectivity index (χ1v) is 7.35. The molecule has 0 bridgehead atoms. The quantitative estimate of drug-likeness (QED) is 0.675. The third-order valence-corrected chi connectivity index (χ3v) is 3.33. The highest BCUT2D eigenvalue weighted by atomic mass is 35.5. The SMILES string of the molecule is Clc1cccc(-c2noc(NCCCCn3cnnc3)n2)c1. The predicted molar refractivity (Wildman–Crippen MR) is 82.5 cm³/mol. The third-order valence-electron chi connectivity index (χ3n) is 3.09. The summed E-state index contributed by atoms with van der Waals surface area (Å²) < 4.78 is 7.12. The lowest BCUT2D eigenvalue weighted by Crippen LogP contribution is -2.03. The van der Waals surface area contributed by atoms with Crippen LogP contribution in [-0.4, -0.2) is 31.4 Å². The summed E-state index contributed by atoms with van der Waals surface area (Å²) in [6.07, 6.45) is 5.42. The molecular formula is C14H15ClN6O. The number of aryl methyl sites for hydroxylation is 1. The van der Waals surface area contributed by atoms with Crippen molar-refractivity contribution in [2.45, 2.75) is 19.4 Å². The van der Waals surface area contributed by atoms with Crippen molar-refractivity contribution in [2.24, 2.45) is 0 Å². The Morgan fingerprint density at radius 2 is 2.05 bits per heavy atom. The lowest BCUT2D eigenvalue weighted by molar-refractivity contribution is 0.431. The standard InChI is InChI=1S/C14H15ClN6O/c15-12-5-3-4-11(8-12)13-19-14(22-20-13)16-6-1-2-7-21-9-17-18-10-21/h3-5,8-10H,1-2,6-7H2,(H,16,19,20). The van der Waals surface area contributed by atoms with Crippen molar-refractivity contribution in [3.8, 4) is 11.4 Å². The second-order valence-corrected chi connectivity index (χ2v) is 5.20. The Morgan fingerprint density at radius 1 is 1.18 bits per heavy atom.